The fourth-order valence-electron chi connectivity index (χ4n) is 8.75. The number of rotatable bonds is 8. The van der Waals surface area contributed by atoms with Gasteiger partial charge in [0.25, 0.3) is 0 Å². The average molecular weight is 652 g/mol. The van der Waals surface area contributed by atoms with E-state index in [-0.39, 0.29) is 29.8 Å². The van der Waals surface area contributed by atoms with Crippen molar-refractivity contribution in [2.75, 3.05) is 26.7 Å². The van der Waals surface area contributed by atoms with E-state index in [0.29, 0.717) is 47.4 Å². The zero-order valence-corrected chi connectivity index (χ0v) is 27.5. The van der Waals surface area contributed by atoms with Gasteiger partial charge in [-0.2, -0.15) is 5.26 Å². The minimum absolute atomic E-state index is 0.0573. The lowest BCUT2D eigenvalue weighted by Gasteiger charge is -2.36. The third kappa shape index (κ3) is 4.86. The number of nitrogens with zero attached hydrogens (tertiary/aromatic N) is 4. The van der Waals surface area contributed by atoms with Crippen molar-refractivity contribution in [1.29, 1.82) is 5.26 Å². The van der Waals surface area contributed by atoms with Crippen molar-refractivity contribution in [1.82, 2.24) is 19.8 Å². The number of ether oxygens (including phenoxy) is 1. The van der Waals surface area contributed by atoms with Gasteiger partial charge in [0.2, 0.25) is 5.88 Å². The Morgan fingerprint density at radius 1 is 1.06 bits per heavy atom. The quantitative estimate of drug-likeness (QED) is 0.174. The molecular formula is C41H38FN5O2. The molecule has 2 bridgehead atoms. The van der Waals surface area contributed by atoms with Crippen LogP contribution < -0.4 is 10.1 Å². The molecule has 4 aromatic carbocycles. The number of phenols is 1. The molecular weight excluding hydrogens is 613 g/mol. The first-order valence-corrected chi connectivity index (χ1v) is 17.4. The Hall–Kier alpha value is -4.97. The summed E-state index contributed by atoms with van der Waals surface area (Å²) in [6.45, 7) is 2.46. The number of hydrogen-bond donors (Lipinski definition) is 2. The molecule has 3 unspecified atom stereocenters. The lowest BCUT2D eigenvalue weighted by atomic mass is 9.80. The SMILES string of the molecule is CN1CCC[C@H]1COc1nc2c(F)c(-c3cc(O)cc4ccccc34)c(CCC#N)cc2c2c1c(-c1ccccc1)cn2C1C2CNC1C2. The van der Waals surface area contributed by atoms with E-state index in [0.717, 1.165) is 70.7 Å². The summed E-state index contributed by atoms with van der Waals surface area (Å²) in [5.74, 6) is 0.525. The fraction of sp³-hybridized carbons (Fsp3) is 0.317. The molecule has 0 spiro atoms. The number of benzene rings is 4. The summed E-state index contributed by atoms with van der Waals surface area (Å²) in [5.41, 5.74) is 4.92. The number of fused-ring (bicyclic) bond motifs is 5. The first-order chi connectivity index (χ1) is 24.0. The summed E-state index contributed by atoms with van der Waals surface area (Å²) in [6, 6.07) is 26.5. The maximum atomic E-state index is 17.6. The third-order valence-corrected chi connectivity index (χ3v) is 11.2. The predicted octanol–water partition coefficient (Wildman–Crippen LogP) is 7.98. The molecule has 49 heavy (non-hydrogen) atoms. The van der Waals surface area contributed by atoms with Crippen LogP contribution in [-0.2, 0) is 6.42 Å². The molecule has 8 heteroatoms. The summed E-state index contributed by atoms with van der Waals surface area (Å²) < 4.78 is 26.7. The van der Waals surface area contributed by atoms with Crippen molar-refractivity contribution in [2.24, 2.45) is 5.92 Å². The molecule has 10 rings (SSSR count). The van der Waals surface area contributed by atoms with E-state index in [1.807, 2.05) is 48.5 Å². The zero-order valence-electron chi connectivity index (χ0n) is 27.5. The average Bonchev–Trinajstić information content (AvgIpc) is 3.92. The van der Waals surface area contributed by atoms with Gasteiger partial charge in [-0.15, -0.1) is 0 Å². The van der Waals surface area contributed by atoms with Crippen molar-refractivity contribution in [3.63, 3.8) is 0 Å². The van der Waals surface area contributed by atoms with Crippen LogP contribution in [0.1, 0.15) is 37.3 Å². The number of pyridine rings is 1. The van der Waals surface area contributed by atoms with E-state index in [1.54, 1.807) is 12.1 Å². The van der Waals surface area contributed by atoms with Crippen LogP contribution in [-0.4, -0.2) is 58.4 Å². The Labute approximate surface area is 284 Å². The van der Waals surface area contributed by atoms with Gasteiger partial charge in [0.05, 0.1) is 23.0 Å². The fourth-order valence-corrected chi connectivity index (χ4v) is 8.75. The van der Waals surface area contributed by atoms with Gasteiger partial charge in [0, 0.05) is 47.8 Å². The van der Waals surface area contributed by atoms with E-state index >= 15 is 4.39 Å². The maximum absolute atomic E-state index is 17.6. The van der Waals surface area contributed by atoms with Gasteiger partial charge in [-0.25, -0.2) is 9.37 Å². The molecule has 2 aromatic heterocycles. The van der Waals surface area contributed by atoms with Crippen LogP contribution in [0.5, 0.6) is 11.6 Å². The van der Waals surface area contributed by atoms with Gasteiger partial charge >= 0.3 is 0 Å². The molecule has 0 amide bonds. The first kappa shape index (κ1) is 30.1. The Kier molecular flexibility index (Phi) is 7.29. The lowest BCUT2D eigenvalue weighted by molar-refractivity contribution is 0.195. The summed E-state index contributed by atoms with van der Waals surface area (Å²) in [7, 11) is 2.13. The third-order valence-electron chi connectivity index (χ3n) is 11.2. The van der Waals surface area contributed by atoms with Crippen LogP contribution >= 0.6 is 0 Å². The van der Waals surface area contributed by atoms with Crippen LogP contribution in [0.4, 0.5) is 4.39 Å². The topological polar surface area (TPSA) is 86.3 Å². The standard InChI is InChI=1S/C41H38FN5O2/c1-46-16-8-13-28(46)23-49-41-36-33(24-9-3-2-4-10-24)22-47(39-27-19-34(39)44-21-27)40(36)32-18-26(12-7-15-43)35(37(42)38(32)45-41)31-20-29(48)17-25-11-5-6-14-30(25)31/h2-6,9-11,14,17-18,20,22,27-28,34,39,44,48H,7-8,12-13,16,19,21,23H2,1H3/t27?,28-,34?,39?/m0/s1. The Morgan fingerprint density at radius 2 is 1.90 bits per heavy atom. The van der Waals surface area contributed by atoms with Crippen LogP contribution in [0.2, 0.25) is 0 Å². The van der Waals surface area contributed by atoms with E-state index in [9.17, 15) is 10.4 Å². The summed E-state index contributed by atoms with van der Waals surface area (Å²) >= 11 is 0. The second kappa shape index (κ2) is 11.9. The number of halogens is 1. The smallest absolute Gasteiger partial charge is 0.224 e. The molecule has 246 valence electrons. The van der Waals surface area contributed by atoms with Gasteiger partial charge in [0.15, 0.2) is 5.82 Å². The van der Waals surface area contributed by atoms with Gasteiger partial charge < -0.3 is 24.6 Å². The highest BCUT2D eigenvalue weighted by atomic mass is 19.1. The molecule has 1 saturated carbocycles. The number of aromatic nitrogens is 2. The van der Waals surface area contributed by atoms with Crippen molar-refractivity contribution < 1.29 is 14.2 Å². The summed E-state index contributed by atoms with van der Waals surface area (Å²) in [6.07, 6.45) is 6.11. The number of nitriles is 1. The molecule has 1 aliphatic carbocycles. The maximum Gasteiger partial charge on any atom is 0.224 e. The molecule has 4 fully saturated rings. The highest BCUT2D eigenvalue weighted by molar-refractivity contribution is 6.14. The normalized spacial score (nSPS) is 21.8. The van der Waals surface area contributed by atoms with Crippen molar-refractivity contribution in [2.45, 2.75) is 50.2 Å². The van der Waals surface area contributed by atoms with Gasteiger partial charge in [-0.1, -0.05) is 54.6 Å². The van der Waals surface area contributed by atoms with Crippen LogP contribution in [0.15, 0.2) is 79.0 Å². The second-order valence-electron chi connectivity index (χ2n) is 14.0. The number of aryl methyl sites for hydroxylation is 1. The minimum atomic E-state index is -0.463. The van der Waals surface area contributed by atoms with Crippen molar-refractivity contribution in [3.05, 3.63) is 90.4 Å². The number of likely N-dealkylation sites (tertiary alicyclic amines) is 1. The van der Waals surface area contributed by atoms with Crippen LogP contribution in [0.25, 0.3) is 54.8 Å². The van der Waals surface area contributed by atoms with Crippen molar-refractivity contribution in [3.8, 4) is 40.0 Å². The molecule has 0 radical (unpaired) electrons. The molecule has 3 saturated heterocycles. The van der Waals surface area contributed by atoms with Gasteiger partial charge in [-0.05, 0) is 90.9 Å². The lowest BCUT2D eigenvalue weighted by Crippen LogP contribution is -2.38. The van der Waals surface area contributed by atoms with Gasteiger partial charge in [-0.3, -0.25) is 0 Å². The minimum Gasteiger partial charge on any atom is -0.508 e. The summed E-state index contributed by atoms with van der Waals surface area (Å²) in [4.78, 5) is 7.41. The number of hydrogen-bond acceptors (Lipinski definition) is 6. The molecule has 4 aliphatic rings. The van der Waals surface area contributed by atoms with Crippen molar-refractivity contribution >= 4 is 32.6 Å². The Bertz CT molecular complexity index is 2280. The molecule has 2 N–H and O–H groups in total. The molecule has 5 heterocycles. The van der Waals surface area contributed by atoms with Gasteiger partial charge in [0.1, 0.15) is 17.9 Å². The largest absolute Gasteiger partial charge is 0.508 e. The van der Waals surface area contributed by atoms with E-state index in [4.69, 9.17) is 9.72 Å². The monoisotopic (exact) mass is 651 g/mol. The van der Waals surface area contributed by atoms with E-state index in [1.165, 1.54) is 0 Å². The molecule has 7 nitrogen and oxygen atoms in total. The summed E-state index contributed by atoms with van der Waals surface area (Å²) in [5, 5.41) is 27.4. The van der Waals surface area contributed by atoms with E-state index < -0.39 is 5.82 Å². The Balaban J connectivity index is 1.37. The Morgan fingerprint density at radius 3 is 2.65 bits per heavy atom. The molecule has 3 aliphatic heterocycles. The predicted molar refractivity (Wildman–Crippen MR) is 191 cm³/mol. The first-order valence-electron chi connectivity index (χ1n) is 17.4. The number of aromatic hydroxyl groups is 1. The molecule has 6 aromatic rings. The van der Waals surface area contributed by atoms with Crippen LogP contribution in [0.3, 0.4) is 0 Å². The number of phenolic OH excluding ortho intramolecular Hbond substituents is 1. The molecule has 4 atom stereocenters. The van der Waals surface area contributed by atoms with Crippen LogP contribution in [0, 0.1) is 23.1 Å². The number of nitrogens with one attached hydrogen (secondary N) is 1. The zero-order chi connectivity index (χ0) is 33.2. The van der Waals surface area contributed by atoms with E-state index in [2.05, 4.69) is 46.2 Å². The second-order valence-corrected chi connectivity index (χ2v) is 14.0. The highest BCUT2D eigenvalue weighted by Gasteiger charge is 2.48. The highest BCUT2D eigenvalue weighted by Crippen LogP contribution is 2.50. The number of likely N-dealkylation sites (N-methyl/N-ethyl adjacent to an activating group) is 1.